The average molecular weight is 450 g/mol. The largest absolute Gasteiger partial charge is 0.349 e. The third-order valence-electron chi connectivity index (χ3n) is 4.85. The number of fused-ring (bicyclic) bond motifs is 1. The highest BCUT2D eigenvalue weighted by atomic mass is 35.5. The number of hydrogen-bond acceptors (Lipinski definition) is 4. The third kappa shape index (κ3) is 4.65. The van der Waals surface area contributed by atoms with Crippen LogP contribution in [0.2, 0.25) is 5.02 Å². The zero-order valence-electron chi connectivity index (χ0n) is 16.8. The zero-order valence-corrected chi connectivity index (χ0v) is 18.4. The van der Waals surface area contributed by atoms with Crippen molar-refractivity contribution in [2.45, 2.75) is 18.1 Å². The summed E-state index contributed by atoms with van der Waals surface area (Å²) in [5.74, 6) is -0.0265. The van der Waals surface area contributed by atoms with Gasteiger partial charge in [0.25, 0.3) is 5.56 Å². The minimum Gasteiger partial charge on any atom is -0.349 e. The van der Waals surface area contributed by atoms with Crippen LogP contribution in [0.4, 0.5) is 0 Å². The smallest absolute Gasteiger partial charge is 0.266 e. The molecule has 0 aliphatic rings. The van der Waals surface area contributed by atoms with Crippen LogP contribution in [0.25, 0.3) is 16.6 Å². The zero-order chi connectivity index (χ0) is 21.8. The molecule has 31 heavy (non-hydrogen) atoms. The van der Waals surface area contributed by atoms with Crippen molar-refractivity contribution in [1.82, 2.24) is 14.9 Å². The summed E-state index contributed by atoms with van der Waals surface area (Å²) < 4.78 is 1.48. The maximum atomic E-state index is 13.3. The van der Waals surface area contributed by atoms with Crippen molar-refractivity contribution in [2.24, 2.45) is 0 Å². The molecule has 3 aromatic carbocycles. The fourth-order valence-electron chi connectivity index (χ4n) is 3.29. The SMILES string of the molecule is C[C@@H](NC(=O)CSc1nc2ccccc2c(=O)n1-c1ccccc1Cl)c1ccccc1. The van der Waals surface area contributed by atoms with E-state index < -0.39 is 0 Å². The number of rotatable bonds is 6. The van der Waals surface area contributed by atoms with Crippen molar-refractivity contribution in [1.29, 1.82) is 0 Å². The molecule has 0 saturated carbocycles. The molecule has 156 valence electrons. The molecular formula is C24H20ClN3O2S. The number of benzene rings is 3. The predicted molar refractivity (Wildman–Crippen MR) is 126 cm³/mol. The van der Waals surface area contributed by atoms with Gasteiger partial charge in [0.2, 0.25) is 5.91 Å². The fraction of sp³-hybridized carbons (Fsp3) is 0.125. The number of aromatic nitrogens is 2. The van der Waals surface area contributed by atoms with E-state index in [0.29, 0.717) is 26.8 Å². The number of hydrogen-bond donors (Lipinski definition) is 1. The molecule has 1 amide bonds. The van der Waals surface area contributed by atoms with Crippen LogP contribution in [-0.4, -0.2) is 21.2 Å². The van der Waals surface area contributed by atoms with Crippen molar-refractivity contribution < 1.29 is 4.79 Å². The Labute approximate surface area is 189 Å². The van der Waals surface area contributed by atoms with E-state index in [0.717, 1.165) is 5.56 Å². The highest BCUT2D eigenvalue weighted by Crippen LogP contribution is 2.25. The summed E-state index contributed by atoms with van der Waals surface area (Å²) in [6, 6.07) is 23.9. The number of nitrogens with one attached hydrogen (secondary N) is 1. The molecule has 0 unspecified atom stereocenters. The molecular weight excluding hydrogens is 430 g/mol. The van der Waals surface area contributed by atoms with Crippen LogP contribution >= 0.6 is 23.4 Å². The number of carbonyl (C=O) groups excluding carboxylic acids is 1. The lowest BCUT2D eigenvalue weighted by molar-refractivity contribution is -0.119. The van der Waals surface area contributed by atoms with Crippen LogP contribution in [0.5, 0.6) is 0 Å². The molecule has 7 heteroatoms. The summed E-state index contributed by atoms with van der Waals surface area (Å²) in [5.41, 5.74) is 1.92. The second kappa shape index (κ2) is 9.37. The molecule has 0 aliphatic heterocycles. The number of thioether (sulfide) groups is 1. The van der Waals surface area contributed by atoms with Crippen LogP contribution in [0.1, 0.15) is 18.5 Å². The summed E-state index contributed by atoms with van der Waals surface area (Å²) in [4.78, 5) is 30.5. The molecule has 0 spiro atoms. The molecule has 1 N–H and O–H groups in total. The van der Waals surface area contributed by atoms with Gasteiger partial charge in [-0.1, -0.05) is 78.0 Å². The first-order valence-electron chi connectivity index (χ1n) is 9.78. The Morgan fingerprint density at radius 3 is 2.48 bits per heavy atom. The lowest BCUT2D eigenvalue weighted by atomic mass is 10.1. The van der Waals surface area contributed by atoms with E-state index in [2.05, 4.69) is 10.3 Å². The van der Waals surface area contributed by atoms with Crippen molar-refractivity contribution >= 4 is 40.2 Å². The van der Waals surface area contributed by atoms with Gasteiger partial charge in [-0.3, -0.25) is 14.2 Å². The Morgan fingerprint density at radius 1 is 1.03 bits per heavy atom. The summed E-state index contributed by atoms with van der Waals surface area (Å²) in [7, 11) is 0. The quantitative estimate of drug-likeness (QED) is 0.332. The molecule has 1 aromatic heterocycles. The van der Waals surface area contributed by atoms with Gasteiger partial charge in [0.1, 0.15) is 0 Å². The lowest BCUT2D eigenvalue weighted by Gasteiger charge is -2.16. The van der Waals surface area contributed by atoms with E-state index in [9.17, 15) is 9.59 Å². The highest BCUT2D eigenvalue weighted by Gasteiger charge is 2.17. The first kappa shape index (κ1) is 21.2. The molecule has 0 saturated heterocycles. The van der Waals surface area contributed by atoms with E-state index in [1.165, 1.54) is 16.3 Å². The average Bonchev–Trinajstić information content (AvgIpc) is 2.79. The first-order chi connectivity index (χ1) is 15.0. The Bertz CT molecular complexity index is 1290. The number of para-hydroxylation sites is 2. The van der Waals surface area contributed by atoms with Crippen LogP contribution < -0.4 is 10.9 Å². The summed E-state index contributed by atoms with van der Waals surface area (Å²) >= 11 is 7.58. The minimum atomic E-state index is -0.223. The second-order valence-corrected chi connectivity index (χ2v) is 8.34. The molecule has 0 fully saturated rings. The molecule has 1 heterocycles. The monoisotopic (exact) mass is 449 g/mol. The summed E-state index contributed by atoms with van der Waals surface area (Å²) in [5, 5.41) is 4.33. The van der Waals surface area contributed by atoms with Crippen LogP contribution in [-0.2, 0) is 4.79 Å². The van der Waals surface area contributed by atoms with Gasteiger partial charge in [-0.05, 0) is 36.8 Å². The fourth-order valence-corrected chi connectivity index (χ4v) is 4.33. The molecule has 5 nitrogen and oxygen atoms in total. The van der Waals surface area contributed by atoms with Crippen LogP contribution in [0, 0.1) is 0 Å². The van der Waals surface area contributed by atoms with Gasteiger partial charge in [0, 0.05) is 0 Å². The number of amides is 1. The molecule has 1 atom stereocenters. The maximum absolute atomic E-state index is 13.3. The van der Waals surface area contributed by atoms with Gasteiger partial charge in [-0.2, -0.15) is 0 Å². The van der Waals surface area contributed by atoms with Crippen molar-refractivity contribution in [3.05, 3.63) is 99.8 Å². The van der Waals surface area contributed by atoms with Crippen molar-refractivity contribution in [3.8, 4) is 5.69 Å². The highest BCUT2D eigenvalue weighted by molar-refractivity contribution is 7.99. The van der Waals surface area contributed by atoms with Crippen LogP contribution in [0.15, 0.2) is 88.8 Å². The Kier molecular flexibility index (Phi) is 6.39. The van der Waals surface area contributed by atoms with E-state index in [1.54, 1.807) is 36.4 Å². The number of carbonyl (C=O) groups is 1. The molecule has 4 aromatic rings. The Balaban J connectivity index is 1.64. The maximum Gasteiger partial charge on any atom is 0.266 e. The normalized spacial score (nSPS) is 11.9. The summed E-state index contributed by atoms with van der Waals surface area (Å²) in [6.45, 7) is 1.94. The third-order valence-corrected chi connectivity index (χ3v) is 6.11. The van der Waals surface area contributed by atoms with E-state index in [1.807, 2.05) is 49.4 Å². The van der Waals surface area contributed by atoms with Gasteiger partial charge in [-0.15, -0.1) is 0 Å². The first-order valence-corrected chi connectivity index (χ1v) is 11.1. The van der Waals surface area contributed by atoms with Crippen LogP contribution in [0.3, 0.4) is 0 Å². The minimum absolute atomic E-state index is 0.117. The molecule has 4 rings (SSSR count). The van der Waals surface area contributed by atoms with Gasteiger partial charge < -0.3 is 5.32 Å². The molecule has 0 radical (unpaired) electrons. The Hall–Kier alpha value is -3.09. The molecule has 0 bridgehead atoms. The topological polar surface area (TPSA) is 64.0 Å². The Morgan fingerprint density at radius 2 is 1.71 bits per heavy atom. The van der Waals surface area contributed by atoms with Crippen molar-refractivity contribution in [2.75, 3.05) is 5.75 Å². The second-order valence-electron chi connectivity index (χ2n) is 6.99. The lowest BCUT2D eigenvalue weighted by Crippen LogP contribution is -2.29. The van der Waals surface area contributed by atoms with Gasteiger partial charge in [0.15, 0.2) is 5.16 Å². The van der Waals surface area contributed by atoms with Crippen molar-refractivity contribution in [3.63, 3.8) is 0 Å². The van der Waals surface area contributed by atoms with Gasteiger partial charge >= 0.3 is 0 Å². The van der Waals surface area contributed by atoms with Gasteiger partial charge in [0.05, 0.1) is 33.4 Å². The van der Waals surface area contributed by atoms with Gasteiger partial charge in [-0.25, -0.2) is 4.98 Å². The molecule has 0 aliphatic carbocycles. The van der Waals surface area contributed by atoms with E-state index in [-0.39, 0.29) is 23.3 Å². The standard InChI is InChI=1S/C24H20ClN3O2S/c1-16(17-9-3-2-4-10-17)26-22(29)15-31-24-27-20-13-7-5-11-18(20)23(30)28(24)21-14-8-6-12-19(21)25/h2-14,16H,15H2,1H3,(H,26,29)/t16-/m1/s1. The van der Waals surface area contributed by atoms with E-state index in [4.69, 9.17) is 11.6 Å². The predicted octanol–water partition coefficient (Wildman–Crippen LogP) is 5.01. The number of nitrogens with zero attached hydrogens (tertiary/aromatic N) is 2. The van der Waals surface area contributed by atoms with E-state index >= 15 is 0 Å². The number of halogens is 1. The summed E-state index contributed by atoms with van der Waals surface area (Å²) in [6.07, 6.45) is 0.